The molecule has 1 aliphatic rings. The average Bonchev–Trinajstić information content (AvgIpc) is 3.02. The summed E-state index contributed by atoms with van der Waals surface area (Å²) >= 11 is 0. The fourth-order valence-corrected chi connectivity index (χ4v) is 3.04. The molecule has 0 radical (unpaired) electrons. The predicted octanol–water partition coefficient (Wildman–Crippen LogP) is 4.33. The topological polar surface area (TPSA) is 36.9 Å². The molecule has 0 spiro atoms. The maximum Gasteiger partial charge on any atom is 0.161 e. The molecule has 3 rings (SSSR count). The van der Waals surface area contributed by atoms with Crippen molar-refractivity contribution in [2.75, 3.05) is 6.61 Å². The summed E-state index contributed by atoms with van der Waals surface area (Å²) in [6.45, 7) is 5.66. The molecule has 0 bridgehead atoms. The zero-order chi connectivity index (χ0) is 18.2. The van der Waals surface area contributed by atoms with Crippen molar-refractivity contribution in [3.8, 4) is 0 Å². The first kappa shape index (κ1) is 19.1. The van der Waals surface area contributed by atoms with E-state index in [4.69, 9.17) is 18.9 Å². The van der Waals surface area contributed by atoms with E-state index in [2.05, 4.69) is 24.3 Å². The molecule has 0 amide bonds. The fraction of sp³-hybridized carbons (Fsp3) is 0.455. The van der Waals surface area contributed by atoms with E-state index in [-0.39, 0.29) is 24.6 Å². The summed E-state index contributed by atoms with van der Waals surface area (Å²) in [6, 6.07) is 20.3. The van der Waals surface area contributed by atoms with E-state index in [0.717, 1.165) is 17.5 Å². The first-order valence-corrected chi connectivity index (χ1v) is 9.29. The Balaban J connectivity index is 1.52. The van der Waals surface area contributed by atoms with Gasteiger partial charge in [0.1, 0.15) is 6.10 Å². The summed E-state index contributed by atoms with van der Waals surface area (Å²) in [4.78, 5) is 0. The van der Waals surface area contributed by atoms with Crippen molar-refractivity contribution in [1.82, 2.24) is 0 Å². The molecule has 0 saturated carbocycles. The van der Waals surface area contributed by atoms with Gasteiger partial charge in [0.05, 0.1) is 32.0 Å². The van der Waals surface area contributed by atoms with Crippen LogP contribution in [0.15, 0.2) is 60.7 Å². The molecule has 0 aromatic heterocycles. The van der Waals surface area contributed by atoms with Gasteiger partial charge in [-0.1, -0.05) is 60.7 Å². The van der Waals surface area contributed by atoms with Gasteiger partial charge in [-0.25, -0.2) is 0 Å². The molecular weight excluding hydrogens is 328 g/mol. The second-order valence-corrected chi connectivity index (χ2v) is 6.86. The summed E-state index contributed by atoms with van der Waals surface area (Å²) in [5, 5.41) is 0. The highest BCUT2D eigenvalue weighted by atomic mass is 16.7. The quantitative estimate of drug-likeness (QED) is 0.670. The van der Waals surface area contributed by atoms with Gasteiger partial charge < -0.3 is 18.9 Å². The summed E-state index contributed by atoms with van der Waals surface area (Å²) < 4.78 is 23.9. The lowest BCUT2D eigenvalue weighted by atomic mass is 10.2. The summed E-state index contributed by atoms with van der Waals surface area (Å²) in [5.74, 6) is 0. The van der Waals surface area contributed by atoms with Crippen LogP contribution in [0.4, 0.5) is 0 Å². The van der Waals surface area contributed by atoms with Crippen molar-refractivity contribution >= 4 is 0 Å². The van der Waals surface area contributed by atoms with E-state index >= 15 is 0 Å². The lowest BCUT2D eigenvalue weighted by Crippen LogP contribution is -2.29. The van der Waals surface area contributed by atoms with Crippen LogP contribution in [0.2, 0.25) is 0 Å². The molecule has 1 aliphatic heterocycles. The van der Waals surface area contributed by atoms with Gasteiger partial charge >= 0.3 is 0 Å². The van der Waals surface area contributed by atoms with Gasteiger partial charge in [0.2, 0.25) is 0 Å². The monoisotopic (exact) mass is 356 g/mol. The normalized spacial score (nSPS) is 22.8. The van der Waals surface area contributed by atoms with Gasteiger partial charge in [-0.2, -0.15) is 0 Å². The van der Waals surface area contributed by atoms with Crippen molar-refractivity contribution in [2.24, 2.45) is 0 Å². The molecule has 2 aromatic carbocycles. The second kappa shape index (κ2) is 9.83. The molecule has 1 unspecified atom stereocenters. The predicted molar refractivity (Wildman–Crippen MR) is 101 cm³/mol. The van der Waals surface area contributed by atoms with Crippen molar-refractivity contribution in [2.45, 2.75) is 58.1 Å². The van der Waals surface area contributed by atoms with Crippen LogP contribution in [0.1, 0.15) is 31.4 Å². The molecule has 4 heteroatoms. The van der Waals surface area contributed by atoms with Crippen LogP contribution in [-0.2, 0) is 32.2 Å². The van der Waals surface area contributed by atoms with Crippen LogP contribution in [0.3, 0.4) is 0 Å². The SMILES string of the molecule is CC(C)OC1C[C@H](OCc2ccccc2)[C@@H](COCc2ccccc2)O1. The molecule has 4 nitrogen and oxygen atoms in total. The number of hydrogen-bond acceptors (Lipinski definition) is 4. The number of benzene rings is 2. The third kappa shape index (κ3) is 5.92. The number of rotatable bonds is 9. The van der Waals surface area contributed by atoms with E-state index in [1.807, 2.05) is 50.2 Å². The van der Waals surface area contributed by atoms with E-state index in [1.165, 1.54) is 0 Å². The summed E-state index contributed by atoms with van der Waals surface area (Å²) in [7, 11) is 0. The number of hydrogen-bond donors (Lipinski definition) is 0. The lowest BCUT2D eigenvalue weighted by molar-refractivity contribution is -0.166. The van der Waals surface area contributed by atoms with Gasteiger partial charge in [0.15, 0.2) is 6.29 Å². The first-order chi connectivity index (χ1) is 12.7. The van der Waals surface area contributed by atoms with Crippen molar-refractivity contribution in [3.05, 3.63) is 71.8 Å². The molecule has 2 aromatic rings. The zero-order valence-corrected chi connectivity index (χ0v) is 15.5. The molecule has 3 atom stereocenters. The molecule has 0 N–H and O–H groups in total. The Morgan fingerprint density at radius 3 is 2.15 bits per heavy atom. The first-order valence-electron chi connectivity index (χ1n) is 9.29. The van der Waals surface area contributed by atoms with Crippen LogP contribution in [0.5, 0.6) is 0 Å². The number of ether oxygens (including phenoxy) is 4. The molecule has 1 saturated heterocycles. The highest BCUT2D eigenvalue weighted by Gasteiger charge is 2.37. The van der Waals surface area contributed by atoms with Gasteiger partial charge in [-0.3, -0.25) is 0 Å². The molecule has 0 aliphatic carbocycles. The minimum absolute atomic E-state index is 0.0327. The zero-order valence-electron chi connectivity index (χ0n) is 15.5. The minimum Gasteiger partial charge on any atom is -0.374 e. The highest BCUT2D eigenvalue weighted by Crippen LogP contribution is 2.26. The van der Waals surface area contributed by atoms with E-state index in [0.29, 0.717) is 19.8 Å². The van der Waals surface area contributed by atoms with Crippen LogP contribution in [0, 0.1) is 0 Å². The highest BCUT2D eigenvalue weighted by molar-refractivity contribution is 5.14. The van der Waals surface area contributed by atoms with Gasteiger partial charge in [-0.05, 0) is 25.0 Å². The van der Waals surface area contributed by atoms with E-state index in [1.54, 1.807) is 0 Å². The maximum absolute atomic E-state index is 6.13. The van der Waals surface area contributed by atoms with Crippen LogP contribution in [0.25, 0.3) is 0 Å². The van der Waals surface area contributed by atoms with Crippen molar-refractivity contribution in [3.63, 3.8) is 0 Å². The third-order valence-corrected chi connectivity index (χ3v) is 4.29. The van der Waals surface area contributed by atoms with Gasteiger partial charge in [0, 0.05) is 6.42 Å². The van der Waals surface area contributed by atoms with Crippen LogP contribution >= 0.6 is 0 Å². The smallest absolute Gasteiger partial charge is 0.161 e. The Hall–Kier alpha value is -1.72. The van der Waals surface area contributed by atoms with Crippen molar-refractivity contribution in [1.29, 1.82) is 0 Å². The second-order valence-electron chi connectivity index (χ2n) is 6.86. The Kier molecular flexibility index (Phi) is 7.21. The van der Waals surface area contributed by atoms with E-state index < -0.39 is 0 Å². The largest absolute Gasteiger partial charge is 0.374 e. The standard InChI is InChI=1S/C22H28O4/c1-17(2)25-22-13-20(24-15-19-11-7-4-8-12-19)21(26-22)16-23-14-18-9-5-3-6-10-18/h3-12,17,20-22H,13-16H2,1-2H3/t20-,21+,22?/m0/s1. The summed E-state index contributed by atoms with van der Waals surface area (Å²) in [6.07, 6.45) is 0.463. The van der Waals surface area contributed by atoms with Crippen molar-refractivity contribution < 1.29 is 18.9 Å². The molecule has 1 fully saturated rings. The third-order valence-electron chi connectivity index (χ3n) is 4.29. The summed E-state index contributed by atoms with van der Waals surface area (Å²) in [5.41, 5.74) is 2.31. The Morgan fingerprint density at radius 2 is 1.54 bits per heavy atom. The molecular formula is C22H28O4. The minimum atomic E-state index is -0.235. The maximum atomic E-state index is 6.13. The molecule has 140 valence electrons. The lowest BCUT2D eigenvalue weighted by Gasteiger charge is -2.19. The van der Waals surface area contributed by atoms with Crippen LogP contribution in [-0.4, -0.2) is 31.2 Å². The Labute approximate surface area is 156 Å². The van der Waals surface area contributed by atoms with E-state index in [9.17, 15) is 0 Å². The fourth-order valence-electron chi connectivity index (χ4n) is 3.04. The molecule has 1 heterocycles. The van der Waals surface area contributed by atoms with Gasteiger partial charge in [0.25, 0.3) is 0 Å². The molecule has 26 heavy (non-hydrogen) atoms. The van der Waals surface area contributed by atoms with Gasteiger partial charge in [-0.15, -0.1) is 0 Å². The Bertz CT molecular complexity index is 629. The Morgan fingerprint density at radius 1 is 0.923 bits per heavy atom. The van der Waals surface area contributed by atoms with Crippen LogP contribution < -0.4 is 0 Å². The average molecular weight is 356 g/mol.